The SMILES string of the molecule is COc1cc(OC)c([C@H]2CC(=O)N(c3ccc(F)cc3)C3=C2C(=O)OC3)cc1OC. The molecule has 2 aliphatic rings. The van der Waals surface area contributed by atoms with Crippen molar-refractivity contribution in [2.24, 2.45) is 0 Å². The first-order chi connectivity index (χ1) is 14.5. The van der Waals surface area contributed by atoms with E-state index >= 15 is 0 Å². The summed E-state index contributed by atoms with van der Waals surface area (Å²) in [5.41, 5.74) is 1.92. The van der Waals surface area contributed by atoms with E-state index in [9.17, 15) is 14.0 Å². The van der Waals surface area contributed by atoms with Crippen LogP contribution in [0, 0.1) is 5.82 Å². The van der Waals surface area contributed by atoms with Crippen LogP contribution in [0.4, 0.5) is 10.1 Å². The summed E-state index contributed by atoms with van der Waals surface area (Å²) >= 11 is 0. The van der Waals surface area contributed by atoms with Gasteiger partial charge in [-0.1, -0.05) is 0 Å². The molecule has 0 radical (unpaired) electrons. The highest BCUT2D eigenvalue weighted by Gasteiger charge is 2.44. The van der Waals surface area contributed by atoms with Gasteiger partial charge in [-0.2, -0.15) is 0 Å². The van der Waals surface area contributed by atoms with E-state index in [1.807, 2.05) is 0 Å². The monoisotopic (exact) mass is 413 g/mol. The van der Waals surface area contributed by atoms with Crippen LogP contribution in [-0.4, -0.2) is 39.8 Å². The van der Waals surface area contributed by atoms with Crippen molar-refractivity contribution in [3.05, 3.63) is 59.0 Å². The van der Waals surface area contributed by atoms with Crippen LogP contribution in [0.2, 0.25) is 0 Å². The van der Waals surface area contributed by atoms with E-state index < -0.39 is 17.7 Å². The molecule has 0 N–H and O–H groups in total. The van der Waals surface area contributed by atoms with Crippen LogP contribution in [0.3, 0.4) is 0 Å². The number of hydrogen-bond acceptors (Lipinski definition) is 6. The molecule has 0 unspecified atom stereocenters. The summed E-state index contributed by atoms with van der Waals surface area (Å²) in [7, 11) is 4.52. The Labute approximate surface area is 172 Å². The lowest BCUT2D eigenvalue weighted by Gasteiger charge is -2.32. The van der Waals surface area contributed by atoms with Crippen LogP contribution in [0.5, 0.6) is 17.2 Å². The Hall–Kier alpha value is -3.55. The maximum absolute atomic E-state index is 13.4. The molecule has 1 amide bonds. The van der Waals surface area contributed by atoms with Gasteiger partial charge in [-0.15, -0.1) is 0 Å². The van der Waals surface area contributed by atoms with E-state index in [1.165, 1.54) is 50.5 Å². The topological polar surface area (TPSA) is 74.3 Å². The standard InChI is InChI=1S/C22H20FNO6/c1-27-17-10-19(29-3)18(28-2)8-14(17)15-9-20(25)24(13-6-4-12(23)5-7-13)16-11-30-22(26)21(15)16/h4-8,10,15H,9,11H2,1-3H3/t15-/m1/s1. The third-order valence-corrected chi connectivity index (χ3v) is 5.31. The van der Waals surface area contributed by atoms with Gasteiger partial charge in [-0.05, 0) is 30.3 Å². The molecular formula is C22H20FNO6. The van der Waals surface area contributed by atoms with Gasteiger partial charge in [-0.25, -0.2) is 9.18 Å². The highest BCUT2D eigenvalue weighted by atomic mass is 19.1. The fraction of sp³-hybridized carbons (Fsp3) is 0.273. The minimum absolute atomic E-state index is 0.0111. The van der Waals surface area contributed by atoms with E-state index in [0.29, 0.717) is 39.8 Å². The summed E-state index contributed by atoms with van der Waals surface area (Å²) in [6.07, 6.45) is 0.0111. The van der Waals surface area contributed by atoms with E-state index in [2.05, 4.69) is 0 Å². The zero-order valence-corrected chi connectivity index (χ0v) is 16.7. The van der Waals surface area contributed by atoms with Crippen molar-refractivity contribution in [1.29, 1.82) is 0 Å². The molecule has 4 rings (SSSR count). The second kappa shape index (κ2) is 7.70. The number of carbonyl (C=O) groups is 2. The fourth-order valence-corrected chi connectivity index (χ4v) is 3.93. The third-order valence-electron chi connectivity index (χ3n) is 5.31. The van der Waals surface area contributed by atoms with Crippen LogP contribution in [-0.2, 0) is 14.3 Å². The number of methoxy groups -OCH3 is 3. The molecule has 0 saturated heterocycles. The fourth-order valence-electron chi connectivity index (χ4n) is 3.93. The normalized spacial score (nSPS) is 18.3. The van der Waals surface area contributed by atoms with Gasteiger partial charge in [0.15, 0.2) is 11.5 Å². The number of esters is 1. The van der Waals surface area contributed by atoms with Crippen molar-refractivity contribution in [3.8, 4) is 17.2 Å². The van der Waals surface area contributed by atoms with Gasteiger partial charge in [0.1, 0.15) is 18.2 Å². The lowest BCUT2D eigenvalue weighted by Crippen LogP contribution is -2.37. The maximum atomic E-state index is 13.4. The Morgan fingerprint density at radius 2 is 1.60 bits per heavy atom. The summed E-state index contributed by atoms with van der Waals surface area (Å²) in [6, 6.07) is 8.90. The molecule has 2 heterocycles. The van der Waals surface area contributed by atoms with Gasteiger partial charge < -0.3 is 18.9 Å². The molecule has 156 valence electrons. The molecule has 7 nitrogen and oxygen atoms in total. The van der Waals surface area contributed by atoms with E-state index in [1.54, 1.807) is 12.1 Å². The average Bonchev–Trinajstić information content (AvgIpc) is 3.14. The van der Waals surface area contributed by atoms with Gasteiger partial charge in [0, 0.05) is 29.7 Å². The first-order valence-electron chi connectivity index (χ1n) is 9.27. The van der Waals surface area contributed by atoms with Crippen molar-refractivity contribution in [2.75, 3.05) is 32.8 Å². The second-order valence-corrected chi connectivity index (χ2v) is 6.85. The zero-order chi connectivity index (χ0) is 21.4. The number of hydrogen-bond donors (Lipinski definition) is 0. The van der Waals surface area contributed by atoms with Crippen molar-refractivity contribution in [1.82, 2.24) is 0 Å². The number of nitrogens with zero attached hydrogens (tertiary/aromatic N) is 1. The molecule has 0 fully saturated rings. The highest BCUT2D eigenvalue weighted by Crippen LogP contribution is 2.47. The summed E-state index contributed by atoms with van der Waals surface area (Å²) in [6.45, 7) is -0.0383. The molecule has 0 aromatic heterocycles. The number of anilines is 1. The third kappa shape index (κ3) is 3.14. The number of carbonyl (C=O) groups excluding carboxylic acids is 2. The van der Waals surface area contributed by atoms with Crippen LogP contribution in [0.15, 0.2) is 47.7 Å². The van der Waals surface area contributed by atoms with E-state index in [-0.39, 0.29) is 18.9 Å². The van der Waals surface area contributed by atoms with Crippen molar-refractivity contribution in [2.45, 2.75) is 12.3 Å². The highest BCUT2D eigenvalue weighted by molar-refractivity contribution is 6.06. The first kappa shape index (κ1) is 19.8. The largest absolute Gasteiger partial charge is 0.496 e. The Kier molecular flexibility index (Phi) is 5.07. The van der Waals surface area contributed by atoms with Crippen molar-refractivity contribution >= 4 is 17.6 Å². The number of ether oxygens (including phenoxy) is 4. The van der Waals surface area contributed by atoms with Crippen molar-refractivity contribution in [3.63, 3.8) is 0 Å². The first-order valence-corrected chi connectivity index (χ1v) is 9.27. The predicted octanol–water partition coefficient (Wildman–Crippen LogP) is 3.18. The Morgan fingerprint density at radius 1 is 0.967 bits per heavy atom. The molecule has 8 heteroatoms. The number of halogens is 1. The lowest BCUT2D eigenvalue weighted by atomic mass is 9.83. The predicted molar refractivity (Wildman–Crippen MR) is 105 cm³/mol. The van der Waals surface area contributed by atoms with Gasteiger partial charge in [0.2, 0.25) is 5.91 Å². The molecule has 2 aromatic carbocycles. The minimum atomic E-state index is -0.575. The molecule has 1 atom stereocenters. The molecule has 0 bridgehead atoms. The zero-order valence-electron chi connectivity index (χ0n) is 16.7. The number of rotatable bonds is 5. The summed E-state index contributed by atoms with van der Waals surface area (Å²) in [4.78, 5) is 27.2. The summed E-state index contributed by atoms with van der Waals surface area (Å²) in [5.74, 6) is -0.330. The smallest absolute Gasteiger partial charge is 0.336 e. The Bertz CT molecular complexity index is 1050. The maximum Gasteiger partial charge on any atom is 0.336 e. The van der Waals surface area contributed by atoms with Crippen LogP contribution >= 0.6 is 0 Å². The molecule has 0 aliphatic carbocycles. The van der Waals surface area contributed by atoms with Crippen LogP contribution < -0.4 is 19.1 Å². The molecular weight excluding hydrogens is 393 g/mol. The Balaban J connectivity index is 1.86. The van der Waals surface area contributed by atoms with Gasteiger partial charge in [0.05, 0.1) is 32.6 Å². The number of benzene rings is 2. The lowest BCUT2D eigenvalue weighted by molar-refractivity contribution is -0.136. The molecule has 0 spiro atoms. The van der Waals surface area contributed by atoms with Crippen LogP contribution in [0.1, 0.15) is 17.9 Å². The molecule has 0 saturated carbocycles. The molecule has 30 heavy (non-hydrogen) atoms. The quantitative estimate of drug-likeness (QED) is 0.701. The van der Waals surface area contributed by atoms with Gasteiger partial charge >= 0.3 is 5.97 Å². The average molecular weight is 413 g/mol. The van der Waals surface area contributed by atoms with Gasteiger partial charge in [-0.3, -0.25) is 9.69 Å². The van der Waals surface area contributed by atoms with Crippen LogP contribution in [0.25, 0.3) is 0 Å². The second-order valence-electron chi connectivity index (χ2n) is 6.85. The molecule has 2 aliphatic heterocycles. The summed E-state index contributed by atoms with van der Waals surface area (Å²) < 4.78 is 34.8. The minimum Gasteiger partial charge on any atom is -0.496 e. The van der Waals surface area contributed by atoms with E-state index in [4.69, 9.17) is 18.9 Å². The summed E-state index contributed by atoms with van der Waals surface area (Å²) in [5, 5.41) is 0. The van der Waals surface area contributed by atoms with Crippen molar-refractivity contribution < 1.29 is 32.9 Å². The van der Waals surface area contributed by atoms with Gasteiger partial charge in [0.25, 0.3) is 0 Å². The van der Waals surface area contributed by atoms with E-state index in [0.717, 1.165) is 0 Å². The number of amides is 1. The molecule has 2 aromatic rings. The number of cyclic esters (lactones) is 1. The Morgan fingerprint density at radius 3 is 2.23 bits per heavy atom.